The average Bonchev–Trinajstić information content (AvgIpc) is 2.61. The second-order valence-electron chi connectivity index (χ2n) is 3.41. The number of hydrogen-bond acceptors (Lipinski definition) is 1. The first-order valence-corrected chi connectivity index (χ1v) is 4.99. The quantitative estimate of drug-likeness (QED) is 0.771. The van der Waals surface area contributed by atoms with E-state index in [1.54, 1.807) is 0 Å². The number of hydrogen-bond donors (Lipinski definition) is 1. The molecule has 0 radical (unpaired) electrons. The molecule has 15 heavy (non-hydrogen) atoms. The molecule has 0 aliphatic carbocycles. The fourth-order valence-electron chi connectivity index (χ4n) is 1.56. The van der Waals surface area contributed by atoms with Crippen molar-refractivity contribution >= 4 is 17.9 Å². The van der Waals surface area contributed by atoms with Crippen LogP contribution in [-0.2, 0) is 0 Å². The Morgan fingerprint density at radius 3 is 2.47 bits per heavy atom. The third-order valence-corrected chi connectivity index (χ3v) is 2.55. The third-order valence-electron chi connectivity index (χ3n) is 2.30. The predicted molar refractivity (Wildman–Crippen MR) is 61.4 cm³/mol. The Hall–Kier alpha value is -1.54. The van der Waals surface area contributed by atoms with Crippen molar-refractivity contribution in [2.24, 2.45) is 0 Å². The summed E-state index contributed by atoms with van der Waals surface area (Å²) in [5.41, 5.74) is 3.65. The number of aromatic amines is 1. The molecule has 1 aromatic heterocycles. The minimum absolute atomic E-state index is 0.595. The van der Waals surface area contributed by atoms with E-state index in [1.165, 1.54) is 0 Å². The summed E-state index contributed by atoms with van der Waals surface area (Å²) in [6, 6.07) is 9.35. The van der Waals surface area contributed by atoms with E-state index in [1.807, 2.05) is 37.3 Å². The molecule has 1 aromatic carbocycles. The Morgan fingerprint density at radius 1 is 1.27 bits per heavy atom. The van der Waals surface area contributed by atoms with Crippen LogP contribution in [0.5, 0.6) is 0 Å². The van der Waals surface area contributed by atoms with E-state index >= 15 is 0 Å². The van der Waals surface area contributed by atoms with Crippen molar-refractivity contribution in [3.63, 3.8) is 0 Å². The maximum atomic E-state index is 10.6. The van der Waals surface area contributed by atoms with Crippen LogP contribution in [0.1, 0.15) is 16.1 Å². The normalized spacial score (nSPS) is 10.3. The molecule has 3 heteroatoms. The minimum Gasteiger partial charge on any atom is -0.352 e. The predicted octanol–water partition coefficient (Wildman–Crippen LogP) is 3.46. The summed E-state index contributed by atoms with van der Waals surface area (Å²) in [6.07, 6.45) is 0.812. The highest BCUT2D eigenvalue weighted by Crippen LogP contribution is 2.24. The molecule has 0 amide bonds. The number of benzene rings is 1. The van der Waals surface area contributed by atoms with Gasteiger partial charge in [-0.3, -0.25) is 4.79 Å². The van der Waals surface area contributed by atoms with E-state index < -0.39 is 0 Å². The van der Waals surface area contributed by atoms with E-state index in [2.05, 4.69) is 4.98 Å². The molecule has 76 valence electrons. The van der Waals surface area contributed by atoms with Gasteiger partial charge < -0.3 is 4.98 Å². The van der Waals surface area contributed by atoms with E-state index in [9.17, 15) is 4.79 Å². The van der Waals surface area contributed by atoms with Gasteiger partial charge in [0.05, 0.1) is 5.69 Å². The zero-order valence-corrected chi connectivity index (χ0v) is 9.01. The van der Waals surface area contributed by atoms with E-state index in [-0.39, 0.29) is 0 Å². The lowest BCUT2D eigenvalue weighted by molar-refractivity contribution is 0.111. The van der Waals surface area contributed by atoms with Crippen LogP contribution in [-0.4, -0.2) is 11.3 Å². The molecule has 0 spiro atoms. The van der Waals surface area contributed by atoms with Gasteiger partial charge in [0.25, 0.3) is 0 Å². The zero-order chi connectivity index (χ0) is 10.8. The fraction of sp³-hybridized carbons (Fsp3) is 0.0833. The maximum Gasteiger partial charge on any atom is 0.166 e. The number of aromatic nitrogens is 1. The molecule has 0 fully saturated rings. The Balaban J connectivity index is 2.48. The number of rotatable bonds is 2. The third kappa shape index (κ3) is 1.95. The van der Waals surface area contributed by atoms with Gasteiger partial charge in [0.15, 0.2) is 6.29 Å². The van der Waals surface area contributed by atoms with Crippen molar-refractivity contribution in [2.45, 2.75) is 6.92 Å². The molecular formula is C12H10ClNO. The van der Waals surface area contributed by atoms with Crippen molar-refractivity contribution in [3.8, 4) is 11.3 Å². The number of carbonyl (C=O) groups excluding carboxylic acids is 1. The lowest BCUT2D eigenvalue weighted by Gasteiger charge is -2.00. The lowest BCUT2D eigenvalue weighted by Crippen LogP contribution is -1.81. The molecule has 1 heterocycles. The molecule has 0 unspecified atom stereocenters. The van der Waals surface area contributed by atoms with Gasteiger partial charge in [0.2, 0.25) is 0 Å². The molecule has 2 aromatic rings. The summed E-state index contributed by atoms with van der Waals surface area (Å²) in [4.78, 5) is 13.7. The SMILES string of the molecule is Cc1cc(C=O)[nH]c1-c1ccc(Cl)cc1. The van der Waals surface area contributed by atoms with E-state index in [0.29, 0.717) is 10.7 Å². The molecule has 0 atom stereocenters. The second kappa shape index (κ2) is 3.91. The minimum atomic E-state index is 0.595. The second-order valence-corrected chi connectivity index (χ2v) is 3.84. The van der Waals surface area contributed by atoms with Crippen LogP contribution in [0.15, 0.2) is 30.3 Å². The molecule has 0 aliphatic heterocycles. The van der Waals surface area contributed by atoms with Crippen molar-refractivity contribution < 1.29 is 4.79 Å². The van der Waals surface area contributed by atoms with Gasteiger partial charge >= 0.3 is 0 Å². The number of halogens is 1. The first-order valence-electron chi connectivity index (χ1n) is 4.61. The number of aryl methyl sites for hydroxylation is 1. The van der Waals surface area contributed by atoms with Crippen molar-refractivity contribution in [1.29, 1.82) is 0 Å². The van der Waals surface area contributed by atoms with Crippen molar-refractivity contribution in [1.82, 2.24) is 4.98 Å². The first-order chi connectivity index (χ1) is 7.20. The Labute approximate surface area is 92.9 Å². The molecule has 0 saturated carbocycles. The van der Waals surface area contributed by atoms with Crippen molar-refractivity contribution in [3.05, 3.63) is 46.6 Å². The van der Waals surface area contributed by atoms with Gasteiger partial charge in [-0.25, -0.2) is 0 Å². The number of nitrogens with one attached hydrogen (secondary N) is 1. The van der Waals surface area contributed by atoms with Crippen LogP contribution in [0.3, 0.4) is 0 Å². The highest BCUT2D eigenvalue weighted by molar-refractivity contribution is 6.30. The van der Waals surface area contributed by atoms with E-state index in [4.69, 9.17) is 11.6 Å². The van der Waals surface area contributed by atoms with Gasteiger partial charge in [0, 0.05) is 10.7 Å². The summed E-state index contributed by atoms with van der Waals surface area (Å²) in [5.74, 6) is 0. The summed E-state index contributed by atoms with van der Waals surface area (Å²) in [7, 11) is 0. The molecule has 1 N–H and O–H groups in total. The molecule has 0 aliphatic rings. The van der Waals surface area contributed by atoms with Crippen molar-refractivity contribution in [2.75, 3.05) is 0 Å². The molecule has 2 nitrogen and oxygen atoms in total. The van der Waals surface area contributed by atoms with Crippen LogP contribution in [0.25, 0.3) is 11.3 Å². The largest absolute Gasteiger partial charge is 0.352 e. The number of H-pyrrole nitrogens is 1. The lowest BCUT2D eigenvalue weighted by atomic mass is 10.1. The Kier molecular flexibility index (Phi) is 2.60. The first kappa shape index (κ1) is 9.99. The Morgan fingerprint density at radius 2 is 1.93 bits per heavy atom. The monoisotopic (exact) mass is 219 g/mol. The highest BCUT2D eigenvalue weighted by Gasteiger charge is 2.05. The summed E-state index contributed by atoms with van der Waals surface area (Å²) in [5, 5.41) is 0.707. The number of carbonyl (C=O) groups is 1. The van der Waals surface area contributed by atoms with Gasteiger partial charge in [-0.15, -0.1) is 0 Å². The van der Waals surface area contributed by atoms with Gasteiger partial charge in [-0.2, -0.15) is 0 Å². The van der Waals surface area contributed by atoms with Crippen LogP contribution in [0.2, 0.25) is 5.02 Å². The highest BCUT2D eigenvalue weighted by atomic mass is 35.5. The average molecular weight is 220 g/mol. The van der Waals surface area contributed by atoms with Crippen LogP contribution >= 0.6 is 11.6 Å². The van der Waals surface area contributed by atoms with E-state index in [0.717, 1.165) is 23.1 Å². The maximum absolute atomic E-state index is 10.6. The standard InChI is InChI=1S/C12H10ClNO/c1-8-6-11(7-15)14-12(8)9-2-4-10(13)5-3-9/h2-7,14H,1H3. The molecule has 2 rings (SSSR count). The topological polar surface area (TPSA) is 32.9 Å². The van der Waals surface area contributed by atoms with Crippen LogP contribution < -0.4 is 0 Å². The summed E-state index contributed by atoms with van der Waals surface area (Å²) < 4.78 is 0. The molecule has 0 saturated heterocycles. The van der Waals surface area contributed by atoms with Gasteiger partial charge in [-0.05, 0) is 36.2 Å². The van der Waals surface area contributed by atoms with Gasteiger partial charge in [0.1, 0.15) is 0 Å². The Bertz CT molecular complexity index is 485. The van der Waals surface area contributed by atoms with Crippen LogP contribution in [0.4, 0.5) is 0 Å². The summed E-state index contributed by atoms with van der Waals surface area (Å²) >= 11 is 5.81. The zero-order valence-electron chi connectivity index (χ0n) is 8.25. The summed E-state index contributed by atoms with van der Waals surface area (Å²) in [6.45, 7) is 1.97. The van der Waals surface area contributed by atoms with Crippen LogP contribution in [0, 0.1) is 6.92 Å². The molecule has 0 bridgehead atoms. The van der Waals surface area contributed by atoms with Gasteiger partial charge in [-0.1, -0.05) is 23.7 Å². The molecular weight excluding hydrogens is 210 g/mol. The number of aldehydes is 1. The fourth-order valence-corrected chi connectivity index (χ4v) is 1.69. The smallest absolute Gasteiger partial charge is 0.166 e.